The molecule has 0 saturated carbocycles. The number of nitrogens with zero attached hydrogens (tertiary/aromatic N) is 4. The van der Waals surface area contributed by atoms with Gasteiger partial charge in [0, 0.05) is 28.5 Å². The third-order valence-electron chi connectivity index (χ3n) is 4.31. The molecular formula is C21H23N5O2S2. The first-order chi connectivity index (χ1) is 14.7. The number of fused-ring (bicyclic) bond motifs is 4. The van der Waals surface area contributed by atoms with Crippen molar-refractivity contribution in [2.75, 3.05) is 5.75 Å². The first kappa shape index (κ1) is 22.1. The highest BCUT2D eigenvalue weighted by Crippen LogP contribution is 2.31. The summed E-state index contributed by atoms with van der Waals surface area (Å²) < 4.78 is 5.96. The zero-order valence-electron chi connectivity index (χ0n) is 16.5. The maximum Gasteiger partial charge on any atom is 0.240 e. The van der Waals surface area contributed by atoms with E-state index in [4.69, 9.17) is 10.3 Å². The molecule has 0 atom stereocenters. The molecule has 1 aliphatic heterocycles. The van der Waals surface area contributed by atoms with Crippen molar-refractivity contribution in [2.45, 2.75) is 38.0 Å². The van der Waals surface area contributed by atoms with Crippen LogP contribution in [0.2, 0.25) is 0 Å². The lowest BCUT2D eigenvalue weighted by atomic mass is 10.1. The van der Waals surface area contributed by atoms with Gasteiger partial charge in [0.15, 0.2) is 0 Å². The Balaban J connectivity index is 1.77. The summed E-state index contributed by atoms with van der Waals surface area (Å²) in [5.41, 5.74) is 14.8. The number of hydrogen-bond acceptors (Lipinski definition) is 6. The molecule has 4 bridgehead atoms. The summed E-state index contributed by atoms with van der Waals surface area (Å²) in [6, 6.07) is 13.4. The molecule has 0 radical (unpaired) electrons. The highest BCUT2D eigenvalue weighted by atomic mass is 33.1. The minimum atomic E-state index is -0.0588. The van der Waals surface area contributed by atoms with Gasteiger partial charge in [-0.25, -0.2) is 5.43 Å². The average molecular weight is 442 g/mol. The predicted octanol–water partition coefficient (Wildman–Crippen LogP) is 6.11. The van der Waals surface area contributed by atoms with Crippen LogP contribution < -0.4 is 10.2 Å². The molecule has 2 aromatic carbocycles. The Labute approximate surface area is 183 Å². The van der Waals surface area contributed by atoms with Crippen molar-refractivity contribution in [3.63, 3.8) is 0 Å². The predicted molar refractivity (Wildman–Crippen MR) is 124 cm³/mol. The van der Waals surface area contributed by atoms with E-state index in [0.717, 1.165) is 47.5 Å². The van der Waals surface area contributed by atoms with E-state index >= 15 is 0 Å². The van der Waals surface area contributed by atoms with Crippen molar-refractivity contribution in [3.8, 4) is 5.75 Å². The smallest absolute Gasteiger partial charge is 0.240 e. The fourth-order valence-electron chi connectivity index (χ4n) is 2.88. The molecule has 2 aromatic rings. The molecule has 0 spiro atoms. The summed E-state index contributed by atoms with van der Waals surface area (Å²) in [6.45, 7) is 0.370. The molecule has 1 N–H and O–H groups in total. The van der Waals surface area contributed by atoms with Gasteiger partial charge in [-0.15, -0.1) is 0 Å². The summed E-state index contributed by atoms with van der Waals surface area (Å²) in [5, 5.41) is 7.79. The lowest BCUT2D eigenvalue weighted by Crippen LogP contribution is -2.16. The highest BCUT2D eigenvalue weighted by molar-refractivity contribution is 8.76. The van der Waals surface area contributed by atoms with Crippen LogP contribution in [0.3, 0.4) is 0 Å². The van der Waals surface area contributed by atoms with E-state index in [9.17, 15) is 4.79 Å². The van der Waals surface area contributed by atoms with E-state index in [-0.39, 0.29) is 5.91 Å². The van der Waals surface area contributed by atoms with Gasteiger partial charge in [-0.05, 0) is 59.3 Å². The normalized spacial score (nSPS) is 17.0. The third-order valence-corrected chi connectivity index (χ3v) is 6.74. The SMILES string of the molecule is [N-]=[N+]=Nc1cc2cc(c1)OCc1cccc(c1)/C=N/NC(=O)CCCCCSSC2. The van der Waals surface area contributed by atoms with E-state index in [1.165, 1.54) is 0 Å². The standard InChI is InChI=1S/C21H23N5O2S2/c22-26-24-19-10-18-11-20(12-19)28-14-17-6-4-5-16(9-17)13-23-25-21(27)7-2-1-3-8-29-30-15-18/h4-6,9-13H,1-3,7-8,14-15H2,(H,25,27)/b23-13+. The first-order valence-electron chi connectivity index (χ1n) is 9.70. The van der Waals surface area contributed by atoms with E-state index in [1.54, 1.807) is 23.1 Å². The van der Waals surface area contributed by atoms with Crippen LogP contribution in [0, 0.1) is 0 Å². The van der Waals surface area contributed by atoms with Gasteiger partial charge >= 0.3 is 0 Å². The quantitative estimate of drug-likeness (QED) is 0.250. The molecule has 0 unspecified atom stereocenters. The van der Waals surface area contributed by atoms with Crippen LogP contribution in [0.15, 0.2) is 52.7 Å². The lowest BCUT2D eigenvalue weighted by molar-refractivity contribution is -0.121. The van der Waals surface area contributed by atoms with Crippen molar-refractivity contribution < 1.29 is 9.53 Å². The molecule has 9 heteroatoms. The average Bonchev–Trinajstić information content (AvgIpc) is 2.74. The first-order valence-corrected chi connectivity index (χ1v) is 12.2. The molecule has 1 heterocycles. The Hall–Kier alpha value is -2.61. The topological polar surface area (TPSA) is 99.5 Å². The number of azide groups is 1. The van der Waals surface area contributed by atoms with Gasteiger partial charge in [0.1, 0.15) is 12.4 Å². The molecule has 3 rings (SSSR count). The molecule has 0 aromatic heterocycles. The van der Waals surface area contributed by atoms with E-state index in [2.05, 4.69) is 20.6 Å². The summed E-state index contributed by atoms with van der Waals surface area (Å²) >= 11 is 0. The molecule has 0 aliphatic carbocycles. The number of amides is 1. The zero-order chi connectivity index (χ0) is 21.0. The third kappa shape index (κ3) is 7.67. The second-order valence-electron chi connectivity index (χ2n) is 6.75. The fourth-order valence-corrected chi connectivity index (χ4v) is 5.07. The van der Waals surface area contributed by atoms with Crippen LogP contribution in [0.1, 0.15) is 42.4 Å². The Morgan fingerprint density at radius 2 is 2.03 bits per heavy atom. The van der Waals surface area contributed by atoms with Crippen molar-refractivity contribution in [1.82, 2.24) is 5.43 Å². The minimum absolute atomic E-state index is 0.0588. The number of carbonyl (C=O) groups is 1. The fraction of sp³-hybridized carbons (Fsp3) is 0.333. The number of benzene rings is 2. The van der Waals surface area contributed by atoms with Gasteiger partial charge in [-0.1, -0.05) is 51.3 Å². The second kappa shape index (κ2) is 12.2. The largest absolute Gasteiger partial charge is 0.489 e. The number of rotatable bonds is 1. The number of hydrazone groups is 1. The summed E-state index contributed by atoms with van der Waals surface area (Å²) in [6.07, 6.45) is 5.05. The maximum absolute atomic E-state index is 11.9. The summed E-state index contributed by atoms with van der Waals surface area (Å²) in [7, 11) is 3.57. The van der Waals surface area contributed by atoms with Crippen LogP contribution >= 0.6 is 21.6 Å². The van der Waals surface area contributed by atoms with Crippen LogP contribution in [-0.2, 0) is 17.2 Å². The monoisotopic (exact) mass is 441 g/mol. The number of carbonyl (C=O) groups excluding carboxylic acids is 1. The van der Waals surface area contributed by atoms with Crippen LogP contribution in [-0.4, -0.2) is 17.9 Å². The van der Waals surface area contributed by atoms with E-state index < -0.39 is 0 Å². The van der Waals surface area contributed by atoms with Crippen molar-refractivity contribution in [1.29, 1.82) is 0 Å². The molecule has 1 aliphatic rings. The molecule has 30 heavy (non-hydrogen) atoms. The van der Waals surface area contributed by atoms with Crippen molar-refractivity contribution >= 4 is 39.4 Å². The molecular weight excluding hydrogens is 418 g/mol. The molecule has 0 fully saturated rings. The number of hydrogen-bond donors (Lipinski definition) is 1. The van der Waals surface area contributed by atoms with Gasteiger partial charge in [0.25, 0.3) is 0 Å². The minimum Gasteiger partial charge on any atom is -0.489 e. The zero-order valence-corrected chi connectivity index (χ0v) is 18.1. The molecule has 1 amide bonds. The Kier molecular flexibility index (Phi) is 8.96. The van der Waals surface area contributed by atoms with Crippen LogP contribution in [0.5, 0.6) is 5.75 Å². The van der Waals surface area contributed by atoms with Crippen molar-refractivity contribution in [2.24, 2.45) is 10.2 Å². The summed E-state index contributed by atoms with van der Waals surface area (Å²) in [4.78, 5) is 14.8. The maximum atomic E-state index is 11.9. The summed E-state index contributed by atoms with van der Waals surface area (Å²) in [5.74, 6) is 2.43. The lowest BCUT2D eigenvalue weighted by Gasteiger charge is -2.10. The Morgan fingerprint density at radius 3 is 2.93 bits per heavy atom. The molecule has 7 nitrogen and oxygen atoms in total. The van der Waals surface area contributed by atoms with Crippen molar-refractivity contribution in [3.05, 3.63) is 69.6 Å². The van der Waals surface area contributed by atoms with E-state index in [0.29, 0.717) is 24.5 Å². The Bertz CT molecular complexity index is 945. The highest BCUT2D eigenvalue weighted by Gasteiger charge is 2.05. The van der Waals surface area contributed by atoms with Gasteiger partial charge in [-0.3, -0.25) is 4.79 Å². The van der Waals surface area contributed by atoms with Crippen LogP contribution in [0.4, 0.5) is 5.69 Å². The number of ether oxygens (including phenoxy) is 1. The van der Waals surface area contributed by atoms with Gasteiger partial charge in [0.2, 0.25) is 5.91 Å². The molecule has 156 valence electrons. The molecule has 0 saturated heterocycles. The van der Waals surface area contributed by atoms with Gasteiger partial charge in [0.05, 0.1) is 6.21 Å². The second-order valence-corrected chi connectivity index (χ2v) is 9.33. The van der Waals surface area contributed by atoms with E-state index in [1.807, 2.05) is 47.2 Å². The Morgan fingerprint density at radius 1 is 1.10 bits per heavy atom. The number of nitrogens with one attached hydrogen (secondary N) is 1. The van der Waals surface area contributed by atoms with Crippen LogP contribution in [0.25, 0.3) is 10.4 Å². The van der Waals surface area contributed by atoms with Gasteiger partial charge < -0.3 is 4.74 Å². The van der Waals surface area contributed by atoms with Gasteiger partial charge in [-0.2, -0.15) is 5.10 Å².